The number of carbonyl (C=O) groups excluding carboxylic acids is 1. The van der Waals surface area contributed by atoms with Crippen LogP contribution in [0.15, 0.2) is 28.7 Å². The van der Waals surface area contributed by atoms with E-state index in [1.807, 2.05) is 24.3 Å². The molecule has 1 N–H and O–H groups in total. The van der Waals surface area contributed by atoms with Crippen LogP contribution in [0.1, 0.15) is 32.8 Å². The third-order valence-electron chi connectivity index (χ3n) is 3.71. The van der Waals surface area contributed by atoms with Crippen LogP contribution >= 0.6 is 15.9 Å². The van der Waals surface area contributed by atoms with Gasteiger partial charge in [-0.15, -0.1) is 0 Å². The standard InChI is InChI=1S/C17H22BrNO4/c1-17(2,3)23-16(22)19-10-12(9-14(19)15(20)21)7-11-5-4-6-13(18)8-11/h4-6,8,12,14H,7,9-10H2,1-3H3,(H,20,21). The van der Waals surface area contributed by atoms with Crippen molar-refractivity contribution in [3.8, 4) is 0 Å². The molecule has 0 radical (unpaired) electrons. The molecule has 1 heterocycles. The Morgan fingerprint density at radius 3 is 2.65 bits per heavy atom. The van der Waals surface area contributed by atoms with Crippen LogP contribution in [0.3, 0.4) is 0 Å². The van der Waals surface area contributed by atoms with Crippen molar-refractivity contribution in [1.29, 1.82) is 0 Å². The Hall–Kier alpha value is -1.56. The molecule has 1 amide bonds. The minimum atomic E-state index is -0.979. The van der Waals surface area contributed by atoms with Gasteiger partial charge in [0, 0.05) is 11.0 Å². The van der Waals surface area contributed by atoms with Crippen molar-refractivity contribution < 1.29 is 19.4 Å². The number of likely N-dealkylation sites (tertiary alicyclic amines) is 1. The van der Waals surface area contributed by atoms with Crippen LogP contribution in [0.25, 0.3) is 0 Å². The number of nitrogens with zero attached hydrogens (tertiary/aromatic N) is 1. The summed E-state index contributed by atoms with van der Waals surface area (Å²) < 4.78 is 6.33. The number of amides is 1. The first kappa shape index (κ1) is 17.8. The zero-order valence-corrected chi connectivity index (χ0v) is 15.2. The lowest BCUT2D eigenvalue weighted by Gasteiger charge is -2.26. The number of rotatable bonds is 3. The monoisotopic (exact) mass is 383 g/mol. The van der Waals surface area contributed by atoms with Crippen LogP contribution in [0.5, 0.6) is 0 Å². The van der Waals surface area contributed by atoms with Crippen LogP contribution in [0, 0.1) is 5.92 Å². The molecule has 1 fully saturated rings. The summed E-state index contributed by atoms with van der Waals surface area (Å²) in [5.74, 6) is -0.870. The summed E-state index contributed by atoms with van der Waals surface area (Å²) in [5, 5.41) is 9.40. The van der Waals surface area contributed by atoms with Crippen molar-refractivity contribution in [2.24, 2.45) is 5.92 Å². The largest absolute Gasteiger partial charge is 0.480 e. The molecule has 126 valence electrons. The highest BCUT2D eigenvalue weighted by Gasteiger charge is 2.41. The number of benzene rings is 1. The summed E-state index contributed by atoms with van der Waals surface area (Å²) in [6.07, 6.45) is 0.630. The van der Waals surface area contributed by atoms with Gasteiger partial charge in [0.25, 0.3) is 0 Å². The number of hydrogen-bond acceptors (Lipinski definition) is 3. The maximum absolute atomic E-state index is 12.3. The molecule has 1 aromatic carbocycles. The second kappa shape index (κ2) is 6.91. The molecule has 1 aliphatic rings. The summed E-state index contributed by atoms with van der Waals surface area (Å²) in [7, 11) is 0. The fraction of sp³-hybridized carbons (Fsp3) is 0.529. The summed E-state index contributed by atoms with van der Waals surface area (Å²) in [6.45, 7) is 5.72. The maximum Gasteiger partial charge on any atom is 0.411 e. The van der Waals surface area contributed by atoms with E-state index in [2.05, 4.69) is 15.9 Å². The molecule has 0 bridgehead atoms. The molecule has 1 aromatic rings. The molecule has 2 unspecified atom stereocenters. The summed E-state index contributed by atoms with van der Waals surface area (Å²) in [4.78, 5) is 25.1. The Labute approximate surface area is 144 Å². The van der Waals surface area contributed by atoms with E-state index in [1.54, 1.807) is 20.8 Å². The predicted octanol–water partition coefficient (Wildman–Crippen LogP) is 3.70. The Kier molecular flexibility index (Phi) is 5.34. The molecule has 5 nitrogen and oxygen atoms in total. The van der Waals surface area contributed by atoms with Gasteiger partial charge in [0.2, 0.25) is 0 Å². The molecule has 0 aliphatic carbocycles. The lowest BCUT2D eigenvalue weighted by atomic mass is 9.97. The summed E-state index contributed by atoms with van der Waals surface area (Å²) in [5.41, 5.74) is 0.488. The SMILES string of the molecule is CC(C)(C)OC(=O)N1CC(Cc2cccc(Br)c2)CC1C(=O)O. The first-order chi connectivity index (χ1) is 10.7. The van der Waals surface area contributed by atoms with E-state index in [4.69, 9.17) is 4.74 Å². The molecule has 0 aromatic heterocycles. The highest BCUT2D eigenvalue weighted by molar-refractivity contribution is 9.10. The minimum absolute atomic E-state index is 0.109. The third kappa shape index (κ3) is 4.96. The molecule has 1 aliphatic heterocycles. The van der Waals surface area contributed by atoms with Crippen LogP contribution in [0.4, 0.5) is 4.79 Å². The average molecular weight is 384 g/mol. The van der Waals surface area contributed by atoms with Gasteiger partial charge in [-0.05, 0) is 57.2 Å². The summed E-state index contributed by atoms with van der Waals surface area (Å²) in [6, 6.07) is 7.12. The fourth-order valence-corrected chi connectivity index (χ4v) is 3.27. The smallest absolute Gasteiger partial charge is 0.411 e. The van der Waals surface area contributed by atoms with Gasteiger partial charge in [-0.2, -0.15) is 0 Å². The molecule has 1 saturated heterocycles. The first-order valence-electron chi connectivity index (χ1n) is 7.62. The third-order valence-corrected chi connectivity index (χ3v) is 4.21. The van der Waals surface area contributed by atoms with Gasteiger partial charge in [0.05, 0.1) is 0 Å². The van der Waals surface area contributed by atoms with E-state index >= 15 is 0 Å². The molecule has 0 saturated carbocycles. The lowest BCUT2D eigenvalue weighted by molar-refractivity contribution is -0.142. The molecule has 2 rings (SSSR count). The number of aliphatic carboxylic acids is 1. The zero-order chi connectivity index (χ0) is 17.2. The molecular formula is C17H22BrNO4. The van der Waals surface area contributed by atoms with E-state index < -0.39 is 23.7 Å². The highest BCUT2D eigenvalue weighted by Crippen LogP contribution is 2.29. The normalized spacial score (nSPS) is 21.3. The number of halogens is 1. The van der Waals surface area contributed by atoms with Crippen molar-refractivity contribution in [3.05, 3.63) is 34.3 Å². The van der Waals surface area contributed by atoms with Crippen LogP contribution in [0.2, 0.25) is 0 Å². The quantitative estimate of drug-likeness (QED) is 0.863. The van der Waals surface area contributed by atoms with Crippen molar-refractivity contribution in [3.63, 3.8) is 0 Å². The lowest BCUT2D eigenvalue weighted by Crippen LogP contribution is -2.43. The van der Waals surface area contributed by atoms with Gasteiger partial charge >= 0.3 is 12.1 Å². The highest BCUT2D eigenvalue weighted by atomic mass is 79.9. The summed E-state index contributed by atoms with van der Waals surface area (Å²) >= 11 is 3.44. The molecule has 23 heavy (non-hydrogen) atoms. The molecular weight excluding hydrogens is 362 g/mol. The molecule has 6 heteroatoms. The number of carboxylic acids is 1. The number of ether oxygens (including phenoxy) is 1. The van der Waals surface area contributed by atoms with Crippen molar-refractivity contribution in [1.82, 2.24) is 4.90 Å². The van der Waals surface area contributed by atoms with E-state index in [0.29, 0.717) is 13.0 Å². The van der Waals surface area contributed by atoms with Gasteiger partial charge in [-0.3, -0.25) is 4.90 Å². The zero-order valence-electron chi connectivity index (χ0n) is 13.6. The van der Waals surface area contributed by atoms with E-state index in [-0.39, 0.29) is 5.92 Å². The number of carboxylic acid groups (broad SMARTS) is 1. The van der Waals surface area contributed by atoms with Crippen LogP contribution in [-0.4, -0.2) is 40.3 Å². The maximum atomic E-state index is 12.3. The van der Waals surface area contributed by atoms with E-state index in [1.165, 1.54) is 4.90 Å². The van der Waals surface area contributed by atoms with Gasteiger partial charge in [0.15, 0.2) is 0 Å². The predicted molar refractivity (Wildman–Crippen MR) is 90.3 cm³/mol. The van der Waals surface area contributed by atoms with E-state index in [9.17, 15) is 14.7 Å². The number of hydrogen-bond donors (Lipinski definition) is 1. The van der Waals surface area contributed by atoms with Crippen LogP contribution < -0.4 is 0 Å². The Morgan fingerprint density at radius 2 is 2.09 bits per heavy atom. The second-order valence-corrected chi connectivity index (χ2v) is 7.84. The van der Waals surface area contributed by atoms with Gasteiger partial charge in [-0.25, -0.2) is 9.59 Å². The topological polar surface area (TPSA) is 66.8 Å². The van der Waals surface area contributed by atoms with Gasteiger partial charge in [0.1, 0.15) is 11.6 Å². The van der Waals surface area contributed by atoms with Gasteiger partial charge < -0.3 is 9.84 Å². The number of carbonyl (C=O) groups is 2. The van der Waals surface area contributed by atoms with Crippen LogP contribution in [-0.2, 0) is 16.0 Å². The van der Waals surface area contributed by atoms with E-state index in [0.717, 1.165) is 16.5 Å². The molecule has 2 atom stereocenters. The van der Waals surface area contributed by atoms with Crippen molar-refractivity contribution >= 4 is 28.0 Å². The van der Waals surface area contributed by atoms with Gasteiger partial charge in [-0.1, -0.05) is 28.1 Å². The van der Waals surface area contributed by atoms with Crippen molar-refractivity contribution in [2.75, 3.05) is 6.54 Å². The van der Waals surface area contributed by atoms with Crippen molar-refractivity contribution in [2.45, 2.75) is 45.3 Å². The fourth-order valence-electron chi connectivity index (χ4n) is 2.82. The second-order valence-electron chi connectivity index (χ2n) is 6.92. The minimum Gasteiger partial charge on any atom is -0.480 e. The molecule has 0 spiro atoms. The first-order valence-corrected chi connectivity index (χ1v) is 8.42. The average Bonchev–Trinajstić information content (AvgIpc) is 2.81. The Balaban J connectivity index is 2.08. The Bertz CT molecular complexity index is 597. The Morgan fingerprint density at radius 1 is 1.39 bits per heavy atom.